The van der Waals surface area contributed by atoms with Gasteiger partial charge in [-0.3, -0.25) is 9.20 Å². The van der Waals surface area contributed by atoms with Crippen molar-refractivity contribution in [2.45, 2.75) is 26.7 Å². The zero-order valence-corrected chi connectivity index (χ0v) is 12.1. The van der Waals surface area contributed by atoms with Gasteiger partial charge in [0.05, 0.1) is 24.0 Å². The fourth-order valence-corrected chi connectivity index (χ4v) is 2.17. The fourth-order valence-electron chi connectivity index (χ4n) is 2.17. The van der Waals surface area contributed by atoms with E-state index in [0.717, 1.165) is 16.2 Å². The van der Waals surface area contributed by atoms with Crippen molar-refractivity contribution >= 4 is 17.2 Å². The number of rotatable bonds is 3. The molecule has 2 aromatic rings. The second-order valence-electron chi connectivity index (χ2n) is 5.03. The number of nitrogens with two attached hydrogens (primary N) is 1. The summed E-state index contributed by atoms with van der Waals surface area (Å²) < 4.78 is 19.6. The number of hydrogen-bond acceptors (Lipinski definition) is 4. The topological polar surface area (TPSA) is 73.8 Å². The number of carbonyl (C=O) groups excluding carboxylic acids is 1. The fraction of sp³-hybridized carbons (Fsp3) is 0.333. The Labute approximate surface area is 121 Å². The van der Waals surface area contributed by atoms with Gasteiger partial charge in [-0.15, -0.1) is 0 Å². The predicted molar refractivity (Wildman–Crippen MR) is 78.1 cm³/mol. The molecule has 0 aliphatic carbocycles. The van der Waals surface area contributed by atoms with Crippen molar-refractivity contribution in [3.05, 3.63) is 45.6 Å². The Balaban J connectivity index is 2.86. The number of halogens is 1. The van der Waals surface area contributed by atoms with Crippen LogP contribution in [0.5, 0.6) is 0 Å². The van der Waals surface area contributed by atoms with Gasteiger partial charge in [-0.25, -0.2) is 9.18 Å². The Hall–Kier alpha value is -2.37. The van der Waals surface area contributed by atoms with Crippen molar-refractivity contribution in [2.75, 3.05) is 12.3 Å². The van der Waals surface area contributed by atoms with Crippen LogP contribution in [-0.2, 0) is 4.74 Å². The largest absolute Gasteiger partial charge is 0.462 e. The SMILES string of the molecule is CCOC(=O)c1cc(C(C)C)c2cc(N)c(F)cn2c1=O. The van der Waals surface area contributed by atoms with Crippen LogP contribution < -0.4 is 11.3 Å². The van der Waals surface area contributed by atoms with Gasteiger partial charge in [0.15, 0.2) is 5.82 Å². The number of nitrogen functional groups attached to an aromatic ring is 1. The van der Waals surface area contributed by atoms with E-state index in [9.17, 15) is 14.0 Å². The summed E-state index contributed by atoms with van der Waals surface area (Å²) in [5, 5.41) is 0. The molecule has 0 atom stereocenters. The number of esters is 1. The minimum Gasteiger partial charge on any atom is -0.462 e. The smallest absolute Gasteiger partial charge is 0.343 e. The third-order valence-electron chi connectivity index (χ3n) is 3.23. The number of nitrogens with zero attached hydrogens (tertiary/aromatic N) is 1. The van der Waals surface area contributed by atoms with Gasteiger partial charge < -0.3 is 10.5 Å². The molecule has 2 N–H and O–H groups in total. The Morgan fingerprint density at radius 3 is 2.67 bits per heavy atom. The quantitative estimate of drug-likeness (QED) is 0.881. The van der Waals surface area contributed by atoms with Crippen LogP contribution in [0, 0.1) is 5.82 Å². The van der Waals surface area contributed by atoms with Crippen molar-refractivity contribution in [2.24, 2.45) is 0 Å². The molecule has 112 valence electrons. The second-order valence-corrected chi connectivity index (χ2v) is 5.03. The van der Waals surface area contributed by atoms with E-state index < -0.39 is 17.3 Å². The molecule has 21 heavy (non-hydrogen) atoms. The molecule has 2 aromatic heterocycles. The molecule has 6 heteroatoms. The molecule has 0 bridgehead atoms. The Morgan fingerprint density at radius 1 is 1.43 bits per heavy atom. The van der Waals surface area contributed by atoms with Gasteiger partial charge in [-0.1, -0.05) is 13.8 Å². The zero-order valence-electron chi connectivity index (χ0n) is 12.1. The van der Waals surface area contributed by atoms with Crippen LogP contribution in [0.2, 0.25) is 0 Å². The van der Waals surface area contributed by atoms with E-state index in [4.69, 9.17) is 10.5 Å². The van der Waals surface area contributed by atoms with E-state index in [1.165, 1.54) is 12.1 Å². The molecule has 0 fully saturated rings. The molecule has 0 aliphatic rings. The van der Waals surface area contributed by atoms with E-state index in [1.54, 1.807) is 6.92 Å². The first-order chi connectivity index (χ1) is 9.86. The maximum Gasteiger partial charge on any atom is 0.343 e. The molecule has 0 radical (unpaired) electrons. The summed E-state index contributed by atoms with van der Waals surface area (Å²) in [7, 11) is 0. The third kappa shape index (κ3) is 2.61. The van der Waals surface area contributed by atoms with E-state index >= 15 is 0 Å². The van der Waals surface area contributed by atoms with E-state index in [0.29, 0.717) is 5.52 Å². The van der Waals surface area contributed by atoms with Gasteiger partial charge in [0.2, 0.25) is 0 Å². The van der Waals surface area contributed by atoms with Gasteiger partial charge in [0.1, 0.15) is 5.56 Å². The third-order valence-corrected chi connectivity index (χ3v) is 3.23. The van der Waals surface area contributed by atoms with Gasteiger partial charge in [-0.05, 0) is 30.5 Å². The number of anilines is 1. The highest BCUT2D eigenvalue weighted by atomic mass is 19.1. The minimum atomic E-state index is -0.712. The summed E-state index contributed by atoms with van der Waals surface area (Å²) in [6.07, 6.45) is 1.00. The highest BCUT2D eigenvalue weighted by Gasteiger charge is 2.19. The molecule has 5 nitrogen and oxygen atoms in total. The number of carbonyl (C=O) groups is 1. The molecule has 0 spiro atoms. The molecule has 0 saturated carbocycles. The first-order valence-corrected chi connectivity index (χ1v) is 6.68. The Morgan fingerprint density at radius 2 is 2.10 bits per heavy atom. The van der Waals surface area contributed by atoms with Crippen molar-refractivity contribution in [1.82, 2.24) is 4.40 Å². The Bertz CT molecular complexity index is 766. The summed E-state index contributed by atoms with van der Waals surface area (Å²) in [5.74, 6) is -1.39. The van der Waals surface area contributed by atoms with Gasteiger partial charge in [-0.2, -0.15) is 0 Å². The number of pyridine rings is 2. The first kappa shape index (κ1) is 15.0. The van der Waals surface area contributed by atoms with E-state index in [1.807, 2.05) is 13.8 Å². The summed E-state index contributed by atoms with van der Waals surface area (Å²) >= 11 is 0. The minimum absolute atomic E-state index is 0.0265. The Kier molecular flexibility index (Phi) is 3.97. The van der Waals surface area contributed by atoms with Crippen molar-refractivity contribution in [3.63, 3.8) is 0 Å². The standard InChI is InChI=1S/C15H17FN2O3/c1-4-21-15(20)10-5-9(8(2)3)13-6-12(17)11(16)7-18(13)14(10)19/h5-8H,4,17H2,1-3H3. The molecular weight excluding hydrogens is 275 g/mol. The normalized spacial score (nSPS) is 11.1. The van der Waals surface area contributed by atoms with Gasteiger partial charge in [0, 0.05) is 0 Å². The van der Waals surface area contributed by atoms with E-state index in [-0.39, 0.29) is 23.8 Å². The van der Waals surface area contributed by atoms with Crippen LogP contribution in [0.3, 0.4) is 0 Å². The van der Waals surface area contributed by atoms with Gasteiger partial charge >= 0.3 is 5.97 Å². The average molecular weight is 292 g/mol. The number of fused-ring (bicyclic) bond motifs is 1. The lowest BCUT2D eigenvalue weighted by Gasteiger charge is -2.14. The van der Waals surface area contributed by atoms with E-state index in [2.05, 4.69) is 0 Å². The van der Waals surface area contributed by atoms with Gasteiger partial charge in [0.25, 0.3) is 5.56 Å². The molecule has 0 amide bonds. The number of ether oxygens (including phenoxy) is 1. The molecule has 0 saturated heterocycles. The predicted octanol–water partition coefficient (Wildman–Crippen LogP) is 2.32. The number of hydrogen-bond donors (Lipinski definition) is 1. The van der Waals surface area contributed by atoms with Crippen LogP contribution >= 0.6 is 0 Å². The highest BCUT2D eigenvalue weighted by Crippen LogP contribution is 2.23. The molecular formula is C15H17FN2O3. The first-order valence-electron chi connectivity index (χ1n) is 6.68. The van der Waals surface area contributed by atoms with Crippen molar-refractivity contribution < 1.29 is 13.9 Å². The maximum absolute atomic E-state index is 13.6. The maximum atomic E-state index is 13.6. The lowest BCUT2D eigenvalue weighted by molar-refractivity contribution is 0.0524. The second kappa shape index (κ2) is 5.55. The van der Waals surface area contributed by atoms with Crippen molar-refractivity contribution in [3.8, 4) is 0 Å². The van der Waals surface area contributed by atoms with Crippen LogP contribution in [0.4, 0.5) is 10.1 Å². The summed E-state index contributed by atoms with van der Waals surface area (Å²) in [5.41, 5.74) is 6.01. The molecule has 0 unspecified atom stereocenters. The monoisotopic (exact) mass is 292 g/mol. The lowest BCUT2D eigenvalue weighted by atomic mass is 10.00. The van der Waals surface area contributed by atoms with Crippen LogP contribution in [0.25, 0.3) is 5.52 Å². The van der Waals surface area contributed by atoms with Crippen molar-refractivity contribution in [1.29, 1.82) is 0 Å². The number of aromatic nitrogens is 1. The lowest BCUT2D eigenvalue weighted by Crippen LogP contribution is -2.25. The summed E-state index contributed by atoms with van der Waals surface area (Å²) in [6.45, 7) is 5.64. The van der Waals surface area contributed by atoms with Crippen LogP contribution in [0.1, 0.15) is 42.6 Å². The molecule has 0 aliphatic heterocycles. The summed E-state index contributed by atoms with van der Waals surface area (Å²) in [6, 6.07) is 2.90. The summed E-state index contributed by atoms with van der Waals surface area (Å²) in [4.78, 5) is 24.2. The van der Waals surface area contributed by atoms with Crippen LogP contribution in [-0.4, -0.2) is 17.0 Å². The zero-order chi connectivity index (χ0) is 15.7. The molecule has 0 aromatic carbocycles. The highest BCUT2D eigenvalue weighted by molar-refractivity contribution is 5.90. The molecule has 2 rings (SSSR count). The average Bonchev–Trinajstić information content (AvgIpc) is 2.41. The molecule has 2 heterocycles. The van der Waals surface area contributed by atoms with Crippen LogP contribution in [0.15, 0.2) is 23.1 Å².